The van der Waals surface area contributed by atoms with E-state index in [1.165, 1.54) is 0 Å². The molecule has 1 saturated heterocycles. The van der Waals surface area contributed by atoms with Crippen LogP contribution < -0.4 is 0 Å². The Balaban J connectivity index is 2.30. The van der Waals surface area contributed by atoms with Crippen LogP contribution in [-0.2, 0) is 4.79 Å². The van der Waals surface area contributed by atoms with Crippen molar-refractivity contribution in [1.82, 2.24) is 4.90 Å². The molecular weight excluding hydrogens is 126 g/mol. The fourth-order valence-electron chi connectivity index (χ4n) is 1.81. The first-order chi connectivity index (χ1) is 4.79. The van der Waals surface area contributed by atoms with Gasteiger partial charge in [0.1, 0.15) is 0 Å². The van der Waals surface area contributed by atoms with E-state index in [0.29, 0.717) is 17.9 Å². The van der Waals surface area contributed by atoms with Gasteiger partial charge >= 0.3 is 0 Å². The normalized spacial score (nSPS) is 37.3. The second kappa shape index (κ2) is 1.84. The fourth-order valence-corrected chi connectivity index (χ4v) is 1.81. The van der Waals surface area contributed by atoms with E-state index in [4.69, 9.17) is 0 Å². The van der Waals surface area contributed by atoms with E-state index in [1.54, 1.807) is 0 Å². The molecule has 54 valence electrons. The molecule has 0 aromatic rings. The molecule has 2 nitrogen and oxygen atoms in total. The number of allylic oxidation sites excluding steroid dienone is 1. The summed E-state index contributed by atoms with van der Waals surface area (Å²) in [6.07, 6.45) is 6.27. The topological polar surface area (TPSA) is 20.3 Å². The molecule has 0 saturated carbocycles. The third kappa shape index (κ3) is 0.618. The van der Waals surface area contributed by atoms with E-state index in [9.17, 15) is 4.79 Å². The molecule has 2 heteroatoms. The highest BCUT2D eigenvalue weighted by atomic mass is 16.2. The van der Waals surface area contributed by atoms with E-state index in [1.807, 2.05) is 11.9 Å². The zero-order chi connectivity index (χ0) is 7.14. The van der Waals surface area contributed by atoms with Crippen LogP contribution in [-0.4, -0.2) is 23.9 Å². The molecule has 0 spiro atoms. The van der Waals surface area contributed by atoms with Crippen LogP contribution in [0.25, 0.3) is 0 Å². The predicted octanol–water partition coefficient (Wildman–Crippen LogP) is 0.793. The summed E-state index contributed by atoms with van der Waals surface area (Å²) in [4.78, 5) is 13.1. The lowest BCUT2D eigenvalue weighted by Crippen LogP contribution is -2.26. The summed E-state index contributed by atoms with van der Waals surface area (Å²) in [6, 6.07) is 0.409. The van der Waals surface area contributed by atoms with Gasteiger partial charge in [0.15, 0.2) is 0 Å². The summed E-state index contributed by atoms with van der Waals surface area (Å²) >= 11 is 0. The maximum Gasteiger partial charge on any atom is 0.226 e. The number of amides is 1. The second-order valence-electron chi connectivity index (χ2n) is 3.11. The first-order valence-corrected chi connectivity index (χ1v) is 3.72. The molecule has 1 heterocycles. The van der Waals surface area contributed by atoms with Crippen LogP contribution in [0.1, 0.15) is 12.8 Å². The maximum absolute atomic E-state index is 11.3. The Morgan fingerprint density at radius 1 is 1.70 bits per heavy atom. The molecule has 2 atom stereocenters. The number of hydrogen-bond acceptors (Lipinski definition) is 1. The van der Waals surface area contributed by atoms with Crippen LogP contribution in [0.15, 0.2) is 12.2 Å². The summed E-state index contributed by atoms with van der Waals surface area (Å²) in [7, 11) is 1.89. The van der Waals surface area contributed by atoms with E-state index in [0.717, 1.165) is 12.8 Å². The summed E-state index contributed by atoms with van der Waals surface area (Å²) in [6.45, 7) is 0. The lowest BCUT2D eigenvalue weighted by Gasteiger charge is -2.14. The average molecular weight is 137 g/mol. The van der Waals surface area contributed by atoms with Gasteiger partial charge in [-0.2, -0.15) is 0 Å². The third-order valence-electron chi connectivity index (χ3n) is 2.50. The van der Waals surface area contributed by atoms with Crippen molar-refractivity contribution in [3.63, 3.8) is 0 Å². The molecule has 0 aromatic heterocycles. The van der Waals surface area contributed by atoms with E-state index < -0.39 is 0 Å². The smallest absolute Gasteiger partial charge is 0.226 e. The van der Waals surface area contributed by atoms with E-state index in [-0.39, 0.29) is 0 Å². The summed E-state index contributed by atoms with van der Waals surface area (Å²) in [5.74, 6) is 0.634. The van der Waals surface area contributed by atoms with Crippen LogP contribution in [0.4, 0.5) is 0 Å². The van der Waals surface area contributed by atoms with Gasteiger partial charge in [-0.1, -0.05) is 12.2 Å². The lowest BCUT2D eigenvalue weighted by molar-refractivity contribution is -0.130. The molecule has 10 heavy (non-hydrogen) atoms. The van der Waals surface area contributed by atoms with Gasteiger partial charge in [0.05, 0.1) is 6.04 Å². The predicted molar refractivity (Wildman–Crippen MR) is 38.4 cm³/mol. The Morgan fingerprint density at radius 3 is 3.10 bits per heavy atom. The van der Waals surface area contributed by atoms with Crippen molar-refractivity contribution in [1.29, 1.82) is 0 Å². The average Bonchev–Trinajstić information content (AvgIpc) is 2.17. The minimum absolute atomic E-state index is 0.306. The zero-order valence-corrected chi connectivity index (χ0v) is 6.08. The van der Waals surface area contributed by atoms with Crippen LogP contribution in [0.2, 0.25) is 0 Å². The molecule has 1 aliphatic heterocycles. The van der Waals surface area contributed by atoms with Gasteiger partial charge in [-0.05, 0) is 12.8 Å². The third-order valence-corrected chi connectivity index (χ3v) is 2.50. The number of hydrogen-bond donors (Lipinski definition) is 0. The van der Waals surface area contributed by atoms with Gasteiger partial charge in [0.25, 0.3) is 0 Å². The van der Waals surface area contributed by atoms with Crippen LogP contribution >= 0.6 is 0 Å². The van der Waals surface area contributed by atoms with Gasteiger partial charge in [-0.15, -0.1) is 0 Å². The number of rotatable bonds is 0. The minimum Gasteiger partial charge on any atom is -0.339 e. The minimum atomic E-state index is 0.306. The number of carbonyl (C=O) groups is 1. The highest BCUT2D eigenvalue weighted by Crippen LogP contribution is 2.30. The summed E-state index contributed by atoms with van der Waals surface area (Å²) in [5.41, 5.74) is 0. The fraction of sp³-hybridized carbons (Fsp3) is 0.625. The van der Waals surface area contributed by atoms with Crippen molar-refractivity contribution in [3.8, 4) is 0 Å². The van der Waals surface area contributed by atoms with Crippen molar-refractivity contribution < 1.29 is 4.79 Å². The molecule has 1 aliphatic carbocycles. The van der Waals surface area contributed by atoms with Crippen molar-refractivity contribution in [3.05, 3.63) is 12.2 Å². The molecular formula is C8H11NO. The molecule has 2 bridgehead atoms. The number of likely N-dealkylation sites (tertiary alicyclic amines) is 1. The van der Waals surface area contributed by atoms with Gasteiger partial charge in [0.2, 0.25) is 5.91 Å². The Bertz CT molecular complexity index is 193. The maximum atomic E-state index is 11.3. The molecule has 0 aromatic carbocycles. The monoisotopic (exact) mass is 137 g/mol. The largest absolute Gasteiger partial charge is 0.339 e. The first-order valence-electron chi connectivity index (χ1n) is 3.72. The molecule has 1 amide bonds. The molecule has 0 N–H and O–H groups in total. The Labute approximate surface area is 60.5 Å². The number of likely N-dealkylation sites (N-methyl/N-ethyl adjacent to an activating group) is 1. The van der Waals surface area contributed by atoms with Crippen molar-refractivity contribution >= 4 is 5.91 Å². The zero-order valence-electron chi connectivity index (χ0n) is 6.08. The number of nitrogens with zero attached hydrogens (tertiary/aromatic N) is 1. The second-order valence-corrected chi connectivity index (χ2v) is 3.11. The van der Waals surface area contributed by atoms with Gasteiger partial charge in [-0.25, -0.2) is 0 Å². The van der Waals surface area contributed by atoms with Gasteiger partial charge in [0, 0.05) is 13.0 Å². The van der Waals surface area contributed by atoms with Crippen molar-refractivity contribution in [2.24, 2.45) is 5.92 Å². The van der Waals surface area contributed by atoms with Crippen LogP contribution in [0.5, 0.6) is 0 Å². The van der Waals surface area contributed by atoms with Crippen LogP contribution in [0, 0.1) is 5.92 Å². The van der Waals surface area contributed by atoms with E-state index >= 15 is 0 Å². The first kappa shape index (κ1) is 5.96. The van der Waals surface area contributed by atoms with Gasteiger partial charge < -0.3 is 4.90 Å². The molecule has 2 aliphatic rings. The quantitative estimate of drug-likeness (QED) is 0.452. The summed E-state index contributed by atoms with van der Waals surface area (Å²) < 4.78 is 0. The summed E-state index contributed by atoms with van der Waals surface area (Å²) in [5, 5.41) is 0. The van der Waals surface area contributed by atoms with Gasteiger partial charge in [-0.3, -0.25) is 4.79 Å². The molecule has 0 radical (unpaired) electrons. The Morgan fingerprint density at radius 2 is 2.50 bits per heavy atom. The SMILES string of the molecule is CN1C(=O)[C@H]2CC=C[C@@H]1C2. The molecule has 1 fully saturated rings. The highest BCUT2D eigenvalue weighted by molar-refractivity contribution is 5.82. The van der Waals surface area contributed by atoms with Crippen LogP contribution in [0.3, 0.4) is 0 Å². The molecule has 0 unspecified atom stereocenters. The van der Waals surface area contributed by atoms with Crippen molar-refractivity contribution in [2.45, 2.75) is 18.9 Å². The number of carbonyl (C=O) groups excluding carboxylic acids is 1. The lowest BCUT2D eigenvalue weighted by atomic mass is 9.96. The van der Waals surface area contributed by atoms with Crippen molar-refractivity contribution in [2.75, 3.05) is 7.05 Å². The number of fused-ring (bicyclic) bond motifs is 2. The Kier molecular flexibility index (Phi) is 1.10. The molecule has 2 rings (SSSR count). The standard InChI is InChI=1S/C8H11NO/c1-9-7-4-2-3-6(5-7)8(9)10/h2,4,6-7H,3,5H2,1H3/t6-,7+/m0/s1. The highest BCUT2D eigenvalue weighted by Gasteiger charge is 2.36. The van der Waals surface area contributed by atoms with E-state index in [2.05, 4.69) is 12.2 Å². The Hall–Kier alpha value is -0.790.